The average molecular weight is 297 g/mol. The molecule has 0 amide bonds. The number of nitrogens with one attached hydrogen (secondary N) is 1. The highest BCUT2D eigenvalue weighted by molar-refractivity contribution is 5.95. The highest BCUT2D eigenvalue weighted by Crippen LogP contribution is 2.25. The maximum atomic E-state index is 12.0. The molecule has 1 aromatic carbocycles. The molecule has 0 unspecified atom stereocenters. The van der Waals surface area contributed by atoms with Gasteiger partial charge in [0.1, 0.15) is 11.3 Å². The number of hydrogen-bond donors (Lipinski definition) is 1. The summed E-state index contributed by atoms with van der Waals surface area (Å²) in [6.45, 7) is 1.99. The van der Waals surface area contributed by atoms with E-state index in [1.807, 2.05) is 41.8 Å². The predicted molar refractivity (Wildman–Crippen MR) is 81.1 cm³/mol. The minimum absolute atomic E-state index is 0.0386. The molecular weight excluding hydrogens is 282 g/mol. The van der Waals surface area contributed by atoms with Crippen LogP contribution in [0.15, 0.2) is 47.5 Å². The van der Waals surface area contributed by atoms with Crippen LogP contribution in [0.4, 0.5) is 0 Å². The van der Waals surface area contributed by atoms with Crippen molar-refractivity contribution in [1.29, 1.82) is 0 Å². The van der Waals surface area contributed by atoms with Gasteiger partial charge in [0, 0.05) is 12.4 Å². The fourth-order valence-electron chi connectivity index (χ4n) is 2.44. The molecule has 0 spiro atoms. The summed E-state index contributed by atoms with van der Waals surface area (Å²) in [5, 5.41) is 6.28. The minimum Gasteiger partial charge on any atom is -0.465 e. The van der Waals surface area contributed by atoms with Crippen molar-refractivity contribution in [2.24, 2.45) is 0 Å². The Bertz CT molecular complexity index is 835. The van der Waals surface area contributed by atoms with Gasteiger partial charge in [-0.3, -0.25) is 4.79 Å². The van der Waals surface area contributed by atoms with Crippen LogP contribution >= 0.6 is 0 Å². The summed E-state index contributed by atoms with van der Waals surface area (Å²) < 4.78 is 6.61. The number of hydrogen-bond acceptors (Lipinski definition) is 4. The monoisotopic (exact) mass is 297 g/mol. The molecule has 2 aliphatic heterocycles. The third-order valence-corrected chi connectivity index (χ3v) is 3.71. The molecule has 112 valence electrons. The molecule has 1 atom stereocenters. The number of aromatic amines is 1. The summed E-state index contributed by atoms with van der Waals surface area (Å²) in [7, 11) is 1.30. The van der Waals surface area contributed by atoms with Crippen molar-refractivity contribution in [3.63, 3.8) is 0 Å². The van der Waals surface area contributed by atoms with Crippen LogP contribution in [-0.2, 0) is 4.74 Å². The van der Waals surface area contributed by atoms with Crippen LogP contribution in [0.2, 0.25) is 0 Å². The van der Waals surface area contributed by atoms with Crippen LogP contribution in [-0.4, -0.2) is 27.8 Å². The molecule has 0 saturated heterocycles. The molecular formula is C16H15N3O3. The van der Waals surface area contributed by atoms with E-state index in [1.54, 1.807) is 12.4 Å². The lowest BCUT2D eigenvalue weighted by Crippen LogP contribution is -2.15. The Morgan fingerprint density at radius 3 is 2.68 bits per heavy atom. The molecule has 3 rings (SSSR count). The molecule has 1 aromatic rings. The van der Waals surface area contributed by atoms with Gasteiger partial charge >= 0.3 is 5.97 Å². The lowest BCUT2D eigenvalue weighted by atomic mass is 10.1. The molecule has 2 heterocycles. The third-order valence-electron chi connectivity index (χ3n) is 3.71. The number of ether oxygens (including phenoxy) is 1. The second kappa shape index (κ2) is 5.48. The van der Waals surface area contributed by atoms with Crippen molar-refractivity contribution in [3.05, 3.63) is 64.2 Å². The second-order valence-corrected chi connectivity index (χ2v) is 5.01. The molecule has 6 heteroatoms. The molecule has 0 fully saturated rings. The van der Waals surface area contributed by atoms with Gasteiger partial charge in [0.25, 0.3) is 5.56 Å². The van der Waals surface area contributed by atoms with Gasteiger partial charge in [-0.2, -0.15) is 5.10 Å². The lowest BCUT2D eigenvalue weighted by Gasteiger charge is -2.19. The number of aromatic nitrogens is 3. The lowest BCUT2D eigenvalue weighted by molar-refractivity contribution is 0.0600. The van der Waals surface area contributed by atoms with Gasteiger partial charge in [-0.1, -0.05) is 30.3 Å². The predicted octanol–water partition coefficient (Wildman–Crippen LogP) is 2.07. The molecule has 22 heavy (non-hydrogen) atoms. The Balaban J connectivity index is 2.18. The third kappa shape index (κ3) is 2.28. The fraction of sp³-hybridized carbons (Fsp3) is 0.188. The molecule has 0 saturated carbocycles. The summed E-state index contributed by atoms with van der Waals surface area (Å²) >= 11 is 0. The number of benzene rings is 1. The van der Waals surface area contributed by atoms with Gasteiger partial charge in [-0.05, 0) is 12.5 Å². The number of rotatable bonds is 3. The molecule has 0 aliphatic carbocycles. The standard InChI is InChI=1S/C16H15N3O3/c1-10(11-6-4-3-5-7-11)19-8-12-14(17-18-15(12)20)13(9-19)16(21)22-2/h3-10H,1-2H3,(H,18,20)/t10-/m1/s1. The van der Waals surface area contributed by atoms with Gasteiger partial charge in [0.15, 0.2) is 0 Å². The number of fused-ring (bicyclic) bond motifs is 1. The highest BCUT2D eigenvalue weighted by atomic mass is 16.5. The van der Waals surface area contributed by atoms with Crippen molar-refractivity contribution >= 4 is 5.97 Å². The van der Waals surface area contributed by atoms with Crippen molar-refractivity contribution in [1.82, 2.24) is 14.8 Å². The molecule has 6 nitrogen and oxygen atoms in total. The average Bonchev–Trinajstić information content (AvgIpc) is 2.94. The van der Waals surface area contributed by atoms with Gasteiger partial charge in [-0.25, -0.2) is 9.89 Å². The molecule has 0 bridgehead atoms. The number of carbonyl (C=O) groups excluding carboxylic acids is 1. The van der Waals surface area contributed by atoms with Gasteiger partial charge < -0.3 is 9.30 Å². The maximum Gasteiger partial charge on any atom is 0.341 e. The molecule has 0 aromatic heterocycles. The second-order valence-electron chi connectivity index (χ2n) is 5.01. The maximum absolute atomic E-state index is 12.0. The van der Waals surface area contributed by atoms with Crippen LogP contribution in [0.5, 0.6) is 0 Å². The van der Waals surface area contributed by atoms with Crippen LogP contribution in [0.25, 0.3) is 11.3 Å². The van der Waals surface area contributed by atoms with Crippen LogP contribution in [0.3, 0.4) is 0 Å². The van der Waals surface area contributed by atoms with E-state index in [4.69, 9.17) is 4.74 Å². The quantitative estimate of drug-likeness (QED) is 0.751. The number of pyridine rings is 1. The van der Waals surface area contributed by atoms with Crippen LogP contribution in [0.1, 0.15) is 28.9 Å². The zero-order valence-electron chi connectivity index (χ0n) is 12.2. The fourth-order valence-corrected chi connectivity index (χ4v) is 2.44. The van der Waals surface area contributed by atoms with Crippen molar-refractivity contribution in [2.45, 2.75) is 13.0 Å². The summed E-state index contributed by atoms with van der Waals surface area (Å²) in [6.07, 6.45) is 3.36. The normalized spacial score (nSPS) is 12.3. The van der Waals surface area contributed by atoms with E-state index in [1.165, 1.54) is 7.11 Å². The van der Waals surface area contributed by atoms with E-state index < -0.39 is 5.97 Å². The first-order valence-corrected chi connectivity index (χ1v) is 6.85. The number of nitrogens with zero attached hydrogens (tertiary/aromatic N) is 2. The van der Waals surface area contributed by atoms with E-state index in [2.05, 4.69) is 10.2 Å². The van der Waals surface area contributed by atoms with E-state index in [9.17, 15) is 9.59 Å². The Labute approximate surface area is 126 Å². The van der Waals surface area contributed by atoms with Crippen LogP contribution < -0.4 is 5.56 Å². The van der Waals surface area contributed by atoms with E-state index >= 15 is 0 Å². The summed E-state index contributed by atoms with van der Waals surface area (Å²) in [5.41, 5.74) is 1.70. The smallest absolute Gasteiger partial charge is 0.341 e. The first kappa shape index (κ1) is 14.1. The first-order valence-electron chi connectivity index (χ1n) is 6.85. The highest BCUT2D eigenvalue weighted by Gasteiger charge is 2.23. The largest absolute Gasteiger partial charge is 0.465 e. The molecule has 0 radical (unpaired) electrons. The zero-order chi connectivity index (χ0) is 15.7. The van der Waals surface area contributed by atoms with Crippen LogP contribution in [0, 0.1) is 0 Å². The van der Waals surface area contributed by atoms with Crippen molar-refractivity contribution < 1.29 is 9.53 Å². The summed E-state index contributed by atoms with van der Waals surface area (Å²) in [4.78, 5) is 23.8. The summed E-state index contributed by atoms with van der Waals surface area (Å²) in [6, 6.07) is 9.78. The number of H-pyrrole nitrogens is 1. The summed E-state index contributed by atoms with van der Waals surface area (Å²) in [5.74, 6) is -0.522. The van der Waals surface area contributed by atoms with Gasteiger partial charge in [0.05, 0.1) is 18.7 Å². The Hall–Kier alpha value is -2.89. The van der Waals surface area contributed by atoms with Crippen molar-refractivity contribution in [3.8, 4) is 11.3 Å². The van der Waals surface area contributed by atoms with E-state index in [-0.39, 0.29) is 17.2 Å². The van der Waals surface area contributed by atoms with E-state index in [0.29, 0.717) is 11.3 Å². The Morgan fingerprint density at radius 1 is 1.27 bits per heavy atom. The van der Waals surface area contributed by atoms with E-state index in [0.717, 1.165) is 5.56 Å². The number of esters is 1. The molecule has 2 aliphatic rings. The minimum atomic E-state index is -0.522. The Kier molecular flexibility index (Phi) is 3.50. The zero-order valence-corrected chi connectivity index (χ0v) is 12.2. The first-order chi connectivity index (χ1) is 10.6. The number of methoxy groups -OCH3 is 1. The molecule has 1 N–H and O–H groups in total. The Morgan fingerprint density at radius 2 is 2.00 bits per heavy atom. The van der Waals surface area contributed by atoms with Gasteiger partial charge in [-0.15, -0.1) is 0 Å². The SMILES string of the molecule is COC(=O)c1cn([C@H](C)c2ccccc2)cc2c(=O)[nH]nc1-2. The number of carbonyl (C=O) groups is 1. The topological polar surface area (TPSA) is 77.0 Å². The van der Waals surface area contributed by atoms with Crippen molar-refractivity contribution in [2.75, 3.05) is 7.11 Å². The van der Waals surface area contributed by atoms with Gasteiger partial charge in [0.2, 0.25) is 0 Å².